The molecule has 2 rings (SSSR count). The average Bonchev–Trinajstić information content (AvgIpc) is 2.38. The Morgan fingerprint density at radius 3 is 2.83 bits per heavy atom. The molecule has 4 heteroatoms. The molecule has 4 nitrogen and oxygen atoms in total. The third-order valence-electron chi connectivity index (χ3n) is 3.61. The van der Waals surface area contributed by atoms with Crippen LogP contribution in [0.3, 0.4) is 0 Å². The molecule has 98 valence electrons. The van der Waals surface area contributed by atoms with E-state index in [4.69, 9.17) is 15.9 Å². The minimum atomic E-state index is 0.116. The molecule has 0 aromatic heterocycles. The van der Waals surface area contributed by atoms with E-state index in [1.54, 1.807) is 7.11 Å². The molecule has 1 aliphatic rings. The number of amidine groups is 1. The fraction of sp³-hybridized carbons (Fsp3) is 0.500. The first-order chi connectivity index (χ1) is 8.63. The molecule has 1 aliphatic heterocycles. The van der Waals surface area contributed by atoms with E-state index in [0.717, 1.165) is 23.5 Å². The van der Waals surface area contributed by atoms with Crippen molar-refractivity contribution in [3.63, 3.8) is 0 Å². The van der Waals surface area contributed by atoms with Crippen molar-refractivity contribution in [2.45, 2.75) is 32.2 Å². The molecule has 0 saturated carbocycles. The lowest BCUT2D eigenvalue weighted by Gasteiger charge is -2.36. The summed E-state index contributed by atoms with van der Waals surface area (Å²) in [5.41, 5.74) is 7.49. The molecule has 1 aromatic rings. The number of nitrogens with two attached hydrogens (primary N) is 1. The van der Waals surface area contributed by atoms with Gasteiger partial charge in [-0.05, 0) is 38.3 Å². The Kier molecular flexibility index (Phi) is 3.75. The van der Waals surface area contributed by atoms with Crippen LogP contribution in [0.2, 0.25) is 0 Å². The summed E-state index contributed by atoms with van der Waals surface area (Å²) in [7, 11) is 1.66. The van der Waals surface area contributed by atoms with Crippen LogP contribution >= 0.6 is 0 Å². The van der Waals surface area contributed by atoms with Gasteiger partial charge in [0.1, 0.15) is 11.6 Å². The largest absolute Gasteiger partial charge is 0.497 e. The van der Waals surface area contributed by atoms with Gasteiger partial charge in [0.15, 0.2) is 0 Å². The van der Waals surface area contributed by atoms with Crippen molar-refractivity contribution in [2.24, 2.45) is 5.73 Å². The van der Waals surface area contributed by atoms with Crippen LogP contribution in [0.4, 0.5) is 5.69 Å². The van der Waals surface area contributed by atoms with Crippen molar-refractivity contribution in [3.8, 4) is 5.75 Å². The lowest BCUT2D eigenvalue weighted by Crippen LogP contribution is -2.38. The topological polar surface area (TPSA) is 62.3 Å². The Morgan fingerprint density at radius 1 is 1.44 bits per heavy atom. The normalized spacial score (nSPS) is 19.7. The summed E-state index contributed by atoms with van der Waals surface area (Å²) in [4.78, 5) is 2.34. The number of nitrogen functional groups attached to an aromatic ring is 1. The van der Waals surface area contributed by atoms with E-state index in [9.17, 15) is 0 Å². The quantitative estimate of drug-likeness (QED) is 0.636. The van der Waals surface area contributed by atoms with Crippen LogP contribution in [0, 0.1) is 5.41 Å². The number of hydrogen-bond acceptors (Lipinski definition) is 3. The molecule has 1 heterocycles. The fourth-order valence-corrected chi connectivity index (χ4v) is 2.56. The summed E-state index contributed by atoms with van der Waals surface area (Å²) in [5, 5.41) is 7.70. The summed E-state index contributed by atoms with van der Waals surface area (Å²) >= 11 is 0. The van der Waals surface area contributed by atoms with E-state index in [1.807, 2.05) is 18.2 Å². The molecule has 0 aliphatic carbocycles. The van der Waals surface area contributed by atoms with Crippen molar-refractivity contribution in [3.05, 3.63) is 23.8 Å². The van der Waals surface area contributed by atoms with Gasteiger partial charge in [0.2, 0.25) is 0 Å². The smallest absolute Gasteiger partial charge is 0.124 e. The van der Waals surface area contributed by atoms with Crippen LogP contribution in [0.15, 0.2) is 18.2 Å². The first kappa shape index (κ1) is 12.7. The summed E-state index contributed by atoms with van der Waals surface area (Å²) in [6.07, 6.45) is 3.66. The third-order valence-corrected chi connectivity index (χ3v) is 3.61. The summed E-state index contributed by atoms with van der Waals surface area (Å²) in [6, 6.07) is 6.20. The predicted molar refractivity (Wildman–Crippen MR) is 74.7 cm³/mol. The van der Waals surface area contributed by atoms with Crippen LogP contribution in [-0.4, -0.2) is 25.5 Å². The molecule has 1 aromatic carbocycles. The van der Waals surface area contributed by atoms with Gasteiger partial charge in [0.05, 0.1) is 12.8 Å². The number of rotatable bonds is 3. The Morgan fingerprint density at radius 2 is 2.22 bits per heavy atom. The standard InChI is InChI=1S/C14H21N3O/c1-10-5-3-4-8-17(10)13-9-11(18-2)6-7-12(13)14(15)16/h6-7,9-10H,3-5,8H2,1-2H3,(H3,15,16). The molecule has 0 amide bonds. The Labute approximate surface area is 108 Å². The van der Waals surface area contributed by atoms with Crippen LogP contribution in [0.5, 0.6) is 5.75 Å². The second-order valence-corrected chi connectivity index (χ2v) is 4.83. The van der Waals surface area contributed by atoms with Gasteiger partial charge < -0.3 is 15.4 Å². The molecule has 0 bridgehead atoms. The minimum absolute atomic E-state index is 0.116. The molecule has 18 heavy (non-hydrogen) atoms. The number of anilines is 1. The van der Waals surface area contributed by atoms with E-state index in [-0.39, 0.29) is 5.84 Å². The molecular formula is C14H21N3O. The number of piperidine rings is 1. The first-order valence-corrected chi connectivity index (χ1v) is 6.42. The van der Waals surface area contributed by atoms with E-state index in [0.29, 0.717) is 6.04 Å². The lowest BCUT2D eigenvalue weighted by atomic mass is 10.0. The number of methoxy groups -OCH3 is 1. The van der Waals surface area contributed by atoms with Gasteiger partial charge in [-0.25, -0.2) is 0 Å². The molecule has 1 atom stereocenters. The van der Waals surface area contributed by atoms with Crippen molar-refractivity contribution >= 4 is 11.5 Å². The first-order valence-electron chi connectivity index (χ1n) is 6.42. The Balaban J connectivity index is 2.42. The zero-order valence-electron chi connectivity index (χ0n) is 11.1. The highest BCUT2D eigenvalue weighted by molar-refractivity contribution is 6.00. The van der Waals surface area contributed by atoms with Crippen molar-refractivity contribution in [2.75, 3.05) is 18.6 Å². The van der Waals surface area contributed by atoms with E-state index in [2.05, 4.69) is 11.8 Å². The second-order valence-electron chi connectivity index (χ2n) is 4.83. The van der Waals surface area contributed by atoms with Gasteiger partial charge >= 0.3 is 0 Å². The minimum Gasteiger partial charge on any atom is -0.497 e. The maximum atomic E-state index is 7.70. The highest BCUT2D eigenvalue weighted by Crippen LogP contribution is 2.30. The molecule has 1 unspecified atom stereocenters. The van der Waals surface area contributed by atoms with Crippen LogP contribution in [-0.2, 0) is 0 Å². The van der Waals surface area contributed by atoms with Crippen molar-refractivity contribution in [1.82, 2.24) is 0 Å². The maximum Gasteiger partial charge on any atom is 0.124 e. The van der Waals surface area contributed by atoms with E-state index >= 15 is 0 Å². The summed E-state index contributed by atoms with van der Waals surface area (Å²) in [5.74, 6) is 0.929. The second kappa shape index (κ2) is 5.29. The molecular weight excluding hydrogens is 226 g/mol. The Bertz CT molecular complexity index is 445. The van der Waals surface area contributed by atoms with E-state index < -0.39 is 0 Å². The summed E-state index contributed by atoms with van der Waals surface area (Å²) < 4.78 is 5.28. The third kappa shape index (κ3) is 2.42. The van der Waals surface area contributed by atoms with Gasteiger partial charge in [0.25, 0.3) is 0 Å². The van der Waals surface area contributed by atoms with E-state index in [1.165, 1.54) is 19.3 Å². The molecule has 0 radical (unpaired) electrons. The van der Waals surface area contributed by atoms with Gasteiger partial charge in [-0.1, -0.05) is 0 Å². The van der Waals surface area contributed by atoms with Gasteiger partial charge in [-0.2, -0.15) is 0 Å². The van der Waals surface area contributed by atoms with Crippen molar-refractivity contribution in [1.29, 1.82) is 5.41 Å². The molecule has 0 spiro atoms. The summed E-state index contributed by atoms with van der Waals surface area (Å²) in [6.45, 7) is 3.25. The lowest BCUT2D eigenvalue weighted by molar-refractivity contribution is 0.414. The SMILES string of the molecule is COc1ccc(C(=N)N)c(N2CCCCC2C)c1. The zero-order valence-corrected chi connectivity index (χ0v) is 11.1. The molecule has 1 fully saturated rings. The predicted octanol–water partition coefficient (Wildman–Crippen LogP) is 2.36. The number of ether oxygens (including phenoxy) is 1. The number of hydrogen-bond donors (Lipinski definition) is 2. The van der Waals surface area contributed by atoms with Gasteiger partial charge in [-0.3, -0.25) is 5.41 Å². The zero-order chi connectivity index (χ0) is 13.1. The van der Waals surface area contributed by atoms with Gasteiger partial charge in [-0.15, -0.1) is 0 Å². The Hall–Kier alpha value is -1.71. The fourth-order valence-electron chi connectivity index (χ4n) is 2.56. The highest BCUT2D eigenvalue weighted by atomic mass is 16.5. The highest BCUT2D eigenvalue weighted by Gasteiger charge is 2.22. The number of benzene rings is 1. The number of nitrogens with one attached hydrogen (secondary N) is 1. The number of nitrogens with zero attached hydrogens (tertiary/aromatic N) is 1. The maximum absolute atomic E-state index is 7.70. The molecule has 3 N–H and O–H groups in total. The van der Waals surface area contributed by atoms with Crippen LogP contribution < -0.4 is 15.4 Å². The molecule has 1 saturated heterocycles. The van der Waals surface area contributed by atoms with Gasteiger partial charge in [0, 0.05) is 24.2 Å². The van der Waals surface area contributed by atoms with Crippen LogP contribution in [0.25, 0.3) is 0 Å². The van der Waals surface area contributed by atoms with Crippen LogP contribution in [0.1, 0.15) is 31.7 Å². The average molecular weight is 247 g/mol. The monoisotopic (exact) mass is 247 g/mol. The van der Waals surface area contributed by atoms with Crippen molar-refractivity contribution < 1.29 is 4.74 Å².